The van der Waals surface area contributed by atoms with E-state index in [2.05, 4.69) is 15.3 Å². The summed E-state index contributed by atoms with van der Waals surface area (Å²) in [5, 5.41) is 12.5. The summed E-state index contributed by atoms with van der Waals surface area (Å²) in [6.45, 7) is 1.14. The van der Waals surface area contributed by atoms with Crippen LogP contribution in [0.5, 0.6) is 17.6 Å². The fourth-order valence-corrected chi connectivity index (χ4v) is 2.71. The lowest BCUT2D eigenvalue weighted by Crippen LogP contribution is -2.45. The molecule has 1 aromatic heterocycles. The predicted octanol–water partition coefficient (Wildman–Crippen LogP) is 1.63. The summed E-state index contributed by atoms with van der Waals surface area (Å²) < 4.78 is 22.0. The smallest absolute Gasteiger partial charge is 0.321 e. The molecule has 0 unspecified atom stereocenters. The van der Waals surface area contributed by atoms with E-state index >= 15 is 0 Å². The summed E-state index contributed by atoms with van der Waals surface area (Å²) in [6.07, 6.45) is 0.661. The van der Waals surface area contributed by atoms with E-state index in [1.165, 1.54) is 14.2 Å². The molecule has 2 N–H and O–H groups in total. The number of aliphatic hydroxyl groups excluding tert-OH is 1. The third-order valence-electron chi connectivity index (χ3n) is 4.09. The number of aliphatic hydroxyl groups is 1. The largest absolute Gasteiger partial charge is 0.488 e. The van der Waals surface area contributed by atoms with Crippen LogP contribution in [0, 0.1) is 0 Å². The molecule has 1 aliphatic rings. The Labute approximate surface area is 152 Å². The minimum absolute atomic E-state index is 0.0130. The molecule has 1 aromatic carbocycles. The van der Waals surface area contributed by atoms with Crippen molar-refractivity contribution in [1.29, 1.82) is 0 Å². The molecule has 0 saturated carbocycles. The first-order valence-corrected chi connectivity index (χ1v) is 8.39. The molecule has 1 aliphatic heterocycles. The van der Waals surface area contributed by atoms with Crippen LogP contribution in [0.25, 0.3) is 0 Å². The van der Waals surface area contributed by atoms with Crippen LogP contribution in [0.3, 0.4) is 0 Å². The Hall–Kier alpha value is -2.58. The van der Waals surface area contributed by atoms with Crippen molar-refractivity contribution in [3.8, 4) is 17.6 Å². The second-order valence-electron chi connectivity index (χ2n) is 5.86. The lowest BCUT2D eigenvalue weighted by Gasteiger charge is -2.32. The average Bonchev–Trinajstić information content (AvgIpc) is 2.69. The van der Waals surface area contributed by atoms with Crippen molar-refractivity contribution in [1.82, 2.24) is 9.97 Å². The van der Waals surface area contributed by atoms with Gasteiger partial charge in [-0.3, -0.25) is 0 Å². The Morgan fingerprint density at radius 2 is 2.00 bits per heavy atom. The monoisotopic (exact) mass is 361 g/mol. The van der Waals surface area contributed by atoms with Crippen molar-refractivity contribution in [2.24, 2.45) is 0 Å². The van der Waals surface area contributed by atoms with Crippen molar-refractivity contribution in [3.05, 3.63) is 35.9 Å². The highest BCUT2D eigenvalue weighted by Gasteiger charge is 2.28. The van der Waals surface area contributed by atoms with Gasteiger partial charge in [0.05, 0.1) is 40.1 Å². The van der Waals surface area contributed by atoms with Crippen LogP contribution in [0.2, 0.25) is 0 Å². The third kappa shape index (κ3) is 4.53. The molecule has 2 heterocycles. The minimum Gasteiger partial charge on any atom is -0.488 e. The van der Waals surface area contributed by atoms with Crippen molar-refractivity contribution in [2.45, 2.75) is 25.2 Å². The molecule has 0 spiro atoms. The van der Waals surface area contributed by atoms with E-state index in [0.717, 1.165) is 17.7 Å². The number of nitrogens with one attached hydrogen (secondary N) is 1. The quantitative estimate of drug-likeness (QED) is 0.768. The van der Waals surface area contributed by atoms with E-state index in [9.17, 15) is 0 Å². The molecular weight excluding hydrogens is 338 g/mol. The summed E-state index contributed by atoms with van der Waals surface area (Å²) >= 11 is 0. The summed E-state index contributed by atoms with van der Waals surface area (Å²) in [4.78, 5) is 8.38. The fraction of sp³-hybridized carbons (Fsp3) is 0.444. The van der Waals surface area contributed by atoms with Gasteiger partial charge in [0.15, 0.2) is 0 Å². The number of hydrogen-bond donors (Lipinski definition) is 2. The molecule has 0 amide bonds. The van der Waals surface area contributed by atoms with Crippen molar-refractivity contribution in [3.63, 3.8) is 0 Å². The summed E-state index contributed by atoms with van der Waals surface area (Å²) in [6, 6.07) is 9.23. The van der Waals surface area contributed by atoms with Crippen molar-refractivity contribution < 1.29 is 24.1 Å². The minimum atomic E-state index is -0.0921. The summed E-state index contributed by atoms with van der Waals surface area (Å²) in [7, 11) is 3.04. The molecule has 8 nitrogen and oxygen atoms in total. The molecule has 8 heteroatoms. The van der Waals surface area contributed by atoms with Crippen LogP contribution in [0.1, 0.15) is 12.0 Å². The molecule has 140 valence electrons. The molecule has 0 aliphatic carbocycles. The zero-order valence-corrected chi connectivity index (χ0v) is 14.8. The lowest BCUT2D eigenvalue weighted by molar-refractivity contribution is 0.0146. The van der Waals surface area contributed by atoms with E-state index in [1.807, 2.05) is 24.3 Å². The number of aromatic nitrogens is 2. The zero-order chi connectivity index (χ0) is 18.4. The number of benzene rings is 1. The molecule has 3 rings (SSSR count). The van der Waals surface area contributed by atoms with Crippen LogP contribution < -0.4 is 19.5 Å². The average molecular weight is 361 g/mol. The molecule has 0 bridgehead atoms. The second-order valence-corrected chi connectivity index (χ2v) is 5.86. The Balaban J connectivity index is 1.72. The third-order valence-corrected chi connectivity index (χ3v) is 4.09. The summed E-state index contributed by atoms with van der Waals surface area (Å²) in [5.41, 5.74) is 0.846. The molecule has 2 atom stereocenters. The number of nitrogens with zero attached hydrogens (tertiary/aromatic N) is 2. The van der Waals surface area contributed by atoms with Gasteiger partial charge in [0.25, 0.3) is 0 Å². The molecular formula is C18H23N3O5. The highest BCUT2D eigenvalue weighted by molar-refractivity contribution is 5.41. The van der Waals surface area contributed by atoms with Crippen LogP contribution >= 0.6 is 0 Å². The molecule has 0 radical (unpaired) electrons. The maximum Gasteiger partial charge on any atom is 0.321 e. The number of anilines is 1. The topological polar surface area (TPSA) is 95.0 Å². The van der Waals surface area contributed by atoms with Gasteiger partial charge in [-0.25, -0.2) is 0 Å². The van der Waals surface area contributed by atoms with Gasteiger partial charge in [-0.05, 0) is 17.7 Å². The first-order valence-electron chi connectivity index (χ1n) is 8.39. The zero-order valence-electron chi connectivity index (χ0n) is 14.8. The van der Waals surface area contributed by atoms with E-state index in [1.54, 1.807) is 6.07 Å². The highest BCUT2D eigenvalue weighted by atomic mass is 16.5. The molecule has 1 saturated heterocycles. The van der Waals surface area contributed by atoms with Crippen LogP contribution in [-0.4, -0.2) is 54.7 Å². The van der Waals surface area contributed by atoms with E-state index in [4.69, 9.17) is 24.1 Å². The molecule has 26 heavy (non-hydrogen) atoms. The lowest BCUT2D eigenvalue weighted by atomic mass is 10.1. The normalized spacial score (nSPS) is 19.7. The van der Waals surface area contributed by atoms with Gasteiger partial charge >= 0.3 is 6.01 Å². The molecule has 2 aromatic rings. The Morgan fingerprint density at radius 1 is 1.19 bits per heavy atom. The highest BCUT2D eigenvalue weighted by Crippen LogP contribution is 2.23. The van der Waals surface area contributed by atoms with Gasteiger partial charge in [-0.1, -0.05) is 12.1 Å². The maximum absolute atomic E-state index is 9.14. The van der Waals surface area contributed by atoms with Gasteiger partial charge in [0.1, 0.15) is 17.7 Å². The Bertz CT molecular complexity index is 688. The number of methoxy groups -OCH3 is 2. The fourth-order valence-electron chi connectivity index (χ4n) is 2.71. The van der Waals surface area contributed by atoms with Gasteiger partial charge < -0.3 is 29.4 Å². The number of hydrogen-bond acceptors (Lipinski definition) is 8. The van der Waals surface area contributed by atoms with Gasteiger partial charge in [0, 0.05) is 12.5 Å². The van der Waals surface area contributed by atoms with Crippen LogP contribution in [-0.2, 0) is 11.3 Å². The van der Waals surface area contributed by atoms with Crippen molar-refractivity contribution >= 4 is 5.82 Å². The van der Waals surface area contributed by atoms with E-state index in [0.29, 0.717) is 24.9 Å². The van der Waals surface area contributed by atoms with Gasteiger partial charge in [-0.15, -0.1) is 0 Å². The van der Waals surface area contributed by atoms with E-state index in [-0.39, 0.29) is 24.8 Å². The van der Waals surface area contributed by atoms with E-state index < -0.39 is 0 Å². The summed E-state index contributed by atoms with van der Waals surface area (Å²) in [5.74, 6) is 1.74. The number of rotatable bonds is 7. The van der Waals surface area contributed by atoms with Gasteiger partial charge in [-0.2, -0.15) is 9.97 Å². The van der Waals surface area contributed by atoms with Crippen LogP contribution in [0.15, 0.2) is 30.3 Å². The Morgan fingerprint density at radius 3 is 2.69 bits per heavy atom. The molecule has 1 fully saturated rings. The Kier molecular flexibility index (Phi) is 6.08. The first kappa shape index (κ1) is 18.2. The SMILES string of the molecule is COc1cc(N[C@@H]2COCC[C@H]2Oc2ccc(CO)cc2)nc(OC)n1. The predicted molar refractivity (Wildman–Crippen MR) is 94.8 cm³/mol. The van der Waals surface area contributed by atoms with Gasteiger partial charge in [0.2, 0.25) is 5.88 Å². The number of ether oxygens (including phenoxy) is 4. The standard InChI is InChI=1S/C18H23N3O5/c1-23-17-9-16(20-18(21-17)24-2)19-14-11-25-8-7-15(14)26-13-5-3-12(10-22)4-6-13/h3-6,9,14-15,22H,7-8,10-11H2,1-2H3,(H,19,20,21)/t14-,15-/m1/s1. The van der Waals surface area contributed by atoms with Crippen LogP contribution in [0.4, 0.5) is 5.82 Å². The van der Waals surface area contributed by atoms with Crippen molar-refractivity contribution in [2.75, 3.05) is 32.8 Å². The second kappa shape index (κ2) is 8.68. The maximum atomic E-state index is 9.14. The first-order chi connectivity index (χ1) is 12.7.